The normalized spacial score (nSPS) is 12.5. The molecule has 0 aliphatic carbocycles. The molecule has 0 heterocycles. The molecule has 0 aromatic heterocycles. The molecular weight excluding hydrogens is 299 g/mol. The molecule has 2 aromatic carbocycles. The molecule has 0 radical (unpaired) electrons. The van der Waals surface area contributed by atoms with Crippen LogP contribution in [0.15, 0.2) is 61.2 Å². The van der Waals surface area contributed by atoms with Crippen LogP contribution >= 0.6 is 0 Å². The van der Waals surface area contributed by atoms with Gasteiger partial charge >= 0.3 is 0 Å². The van der Waals surface area contributed by atoms with Crippen LogP contribution < -0.4 is 0 Å². The lowest BCUT2D eigenvalue weighted by molar-refractivity contribution is 0.182. The maximum atomic E-state index is 14.3. The monoisotopic (exact) mass is 324 g/mol. The van der Waals surface area contributed by atoms with Crippen molar-refractivity contribution in [2.75, 3.05) is 0 Å². The number of hydrogen-bond donors (Lipinski definition) is 1. The number of aliphatic hydroxyl groups is 1. The van der Waals surface area contributed by atoms with Gasteiger partial charge in [0.2, 0.25) is 0 Å². The van der Waals surface area contributed by atoms with Gasteiger partial charge in [0.15, 0.2) is 0 Å². The number of benzene rings is 2. The third-order valence-electron chi connectivity index (χ3n) is 3.96. The van der Waals surface area contributed by atoms with Crippen molar-refractivity contribution in [3.63, 3.8) is 0 Å². The Labute approximate surface area is 144 Å². The molecule has 2 aromatic rings. The van der Waals surface area contributed by atoms with E-state index in [-0.39, 0.29) is 11.9 Å². The van der Waals surface area contributed by atoms with Crippen molar-refractivity contribution in [2.24, 2.45) is 0 Å². The smallest absolute Gasteiger partial charge is 0.131 e. The third kappa shape index (κ3) is 5.47. The molecule has 0 aliphatic heterocycles. The summed E-state index contributed by atoms with van der Waals surface area (Å²) >= 11 is 0. The molecule has 0 aliphatic rings. The SMILES string of the molecule is C=CCc1ccc(-c2ccc(/C=C/CCCC(C)O)c(F)c2)cc1. The van der Waals surface area contributed by atoms with E-state index in [2.05, 4.69) is 6.58 Å². The van der Waals surface area contributed by atoms with Crippen molar-refractivity contribution >= 4 is 6.08 Å². The fourth-order valence-electron chi connectivity index (χ4n) is 2.58. The first-order valence-electron chi connectivity index (χ1n) is 8.44. The van der Waals surface area contributed by atoms with E-state index >= 15 is 0 Å². The summed E-state index contributed by atoms with van der Waals surface area (Å²) in [4.78, 5) is 0. The number of hydrogen-bond acceptors (Lipinski definition) is 1. The number of halogens is 1. The zero-order valence-corrected chi connectivity index (χ0v) is 14.2. The second-order valence-corrected chi connectivity index (χ2v) is 6.11. The highest BCUT2D eigenvalue weighted by molar-refractivity contribution is 5.66. The molecule has 1 unspecified atom stereocenters. The lowest BCUT2D eigenvalue weighted by atomic mass is 10.0. The van der Waals surface area contributed by atoms with Gasteiger partial charge < -0.3 is 5.11 Å². The van der Waals surface area contributed by atoms with Gasteiger partial charge in [-0.15, -0.1) is 6.58 Å². The predicted octanol–water partition coefficient (Wildman–Crippen LogP) is 5.79. The topological polar surface area (TPSA) is 20.2 Å². The molecule has 2 heteroatoms. The minimum atomic E-state index is -0.271. The Kier molecular flexibility index (Phi) is 6.95. The van der Waals surface area contributed by atoms with E-state index in [0.717, 1.165) is 36.8 Å². The van der Waals surface area contributed by atoms with Gasteiger partial charge in [-0.05, 0) is 55.4 Å². The number of rotatable bonds is 8. The van der Waals surface area contributed by atoms with E-state index in [9.17, 15) is 9.50 Å². The van der Waals surface area contributed by atoms with Gasteiger partial charge in [0.25, 0.3) is 0 Å². The van der Waals surface area contributed by atoms with Gasteiger partial charge in [0, 0.05) is 5.56 Å². The van der Waals surface area contributed by atoms with Gasteiger partial charge in [0.05, 0.1) is 6.10 Å². The Morgan fingerprint density at radius 1 is 1.12 bits per heavy atom. The van der Waals surface area contributed by atoms with Crippen LogP contribution in [0.2, 0.25) is 0 Å². The molecule has 1 nitrogen and oxygen atoms in total. The molecule has 1 atom stereocenters. The van der Waals surface area contributed by atoms with E-state index in [1.807, 2.05) is 54.6 Å². The Bertz CT molecular complexity index is 684. The first-order chi connectivity index (χ1) is 11.6. The molecule has 0 saturated heterocycles. The first-order valence-corrected chi connectivity index (χ1v) is 8.44. The van der Waals surface area contributed by atoms with E-state index in [4.69, 9.17) is 0 Å². The van der Waals surface area contributed by atoms with E-state index in [0.29, 0.717) is 5.56 Å². The second-order valence-electron chi connectivity index (χ2n) is 6.11. The molecule has 1 N–H and O–H groups in total. The lowest BCUT2D eigenvalue weighted by Gasteiger charge is -2.05. The maximum Gasteiger partial charge on any atom is 0.131 e. The van der Waals surface area contributed by atoms with Gasteiger partial charge in [-0.25, -0.2) is 4.39 Å². The summed E-state index contributed by atoms with van der Waals surface area (Å²) < 4.78 is 14.3. The minimum Gasteiger partial charge on any atom is -0.393 e. The first kappa shape index (κ1) is 18.2. The van der Waals surface area contributed by atoms with Crippen LogP contribution in [0.4, 0.5) is 4.39 Å². The number of aliphatic hydroxyl groups excluding tert-OH is 1. The van der Waals surface area contributed by atoms with Crippen LogP contribution in [-0.2, 0) is 6.42 Å². The summed E-state index contributed by atoms with van der Waals surface area (Å²) in [5.74, 6) is -0.213. The summed E-state index contributed by atoms with van der Waals surface area (Å²) in [5, 5.41) is 9.21. The number of unbranched alkanes of at least 4 members (excludes halogenated alkanes) is 1. The molecule has 2 rings (SSSR count). The van der Waals surface area contributed by atoms with Crippen LogP contribution in [0.1, 0.15) is 37.3 Å². The molecule has 126 valence electrons. The van der Waals surface area contributed by atoms with Crippen molar-refractivity contribution < 1.29 is 9.50 Å². The van der Waals surface area contributed by atoms with Crippen molar-refractivity contribution in [1.82, 2.24) is 0 Å². The largest absolute Gasteiger partial charge is 0.393 e. The zero-order chi connectivity index (χ0) is 17.4. The predicted molar refractivity (Wildman–Crippen MR) is 100 cm³/mol. The van der Waals surface area contributed by atoms with Crippen LogP contribution in [0, 0.1) is 5.82 Å². The van der Waals surface area contributed by atoms with Gasteiger partial charge in [-0.1, -0.05) is 54.6 Å². The molecule has 0 saturated carbocycles. The maximum absolute atomic E-state index is 14.3. The second kappa shape index (κ2) is 9.19. The summed E-state index contributed by atoms with van der Waals surface area (Å²) in [6.07, 6.45) is 8.74. The fraction of sp³-hybridized carbons (Fsp3) is 0.273. The van der Waals surface area contributed by atoms with Gasteiger partial charge in [-0.3, -0.25) is 0 Å². The van der Waals surface area contributed by atoms with Crippen molar-refractivity contribution in [3.05, 3.63) is 78.1 Å². The molecule has 0 fully saturated rings. The minimum absolute atomic E-state index is 0.213. The molecule has 0 spiro atoms. The average molecular weight is 324 g/mol. The van der Waals surface area contributed by atoms with Crippen LogP contribution in [0.5, 0.6) is 0 Å². The van der Waals surface area contributed by atoms with Gasteiger partial charge in [-0.2, -0.15) is 0 Å². The summed E-state index contributed by atoms with van der Waals surface area (Å²) in [7, 11) is 0. The van der Waals surface area contributed by atoms with E-state index in [1.165, 1.54) is 5.56 Å². The third-order valence-corrected chi connectivity index (χ3v) is 3.96. The summed E-state index contributed by atoms with van der Waals surface area (Å²) in [6, 6.07) is 13.5. The van der Waals surface area contributed by atoms with Crippen molar-refractivity contribution in [2.45, 2.75) is 38.7 Å². The Balaban J connectivity index is 2.03. The average Bonchev–Trinajstić information content (AvgIpc) is 2.56. The highest BCUT2D eigenvalue weighted by atomic mass is 19.1. The highest BCUT2D eigenvalue weighted by Crippen LogP contribution is 2.23. The Hall–Kier alpha value is -2.19. The molecular formula is C22H25FO. The van der Waals surface area contributed by atoms with E-state index < -0.39 is 0 Å². The van der Waals surface area contributed by atoms with Gasteiger partial charge in [0.1, 0.15) is 5.82 Å². The number of allylic oxidation sites excluding steroid dienone is 2. The molecule has 0 bridgehead atoms. The summed E-state index contributed by atoms with van der Waals surface area (Å²) in [5.41, 5.74) is 3.68. The van der Waals surface area contributed by atoms with Crippen molar-refractivity contribution in [1.29, 1.82) is 0 Å². The Morgan fingerprint density at radius 2 is 1.83 bits per heavy atom. The van der Waals surface area contributed by atoms with Crippen LogP contribution in [-0.4, -0.2) is 11.2 Å². The van der Waals surface area contributed by atoms with E-state index in [1.54, 1.807) is 13.0 Å². The van der Waals surface area contributed by atoms with Crippen LogP contribution in [0.3, 0.4) is 0 Å². The standard InChI is InChI=1S/C22H25FO/c1-3-7-18-10-12-19(13-11-18)21-15-14-20(22(23)16-21)9-6-4-5-8-17(2)24/h3,6,9-17,24H,1,4-5,7-8H2,2H3/b9-6+. The Morgan fingerprint density at radius 3 is 2.46 bits per heavy atom. The zero-order valence-electron chi connectivity index (χ0n) is 14.2. The lowest BCUT2D eigenvalue weighted by Crippen LogP contribution is -1.97. The fourth-order valence-corrected chi connectivity index (χ4v) is 2.58. The quantitative estimate of drug-likeness (QED) is 0.481. The van der Waals surface area contributed by atoms with Crippen LogP contribution in [0.25, 0.3) is 17.2 Å². The molecule has 0 amide bonds. The summed E-state index contributed by atoms with van der Waals surface area (Å²) in [6.45, 7) is 5.52. The molecule has 24 heavy (non-hydrogen) atoms. The highest BCUT2D eigenvalue weighted by Gasteiger charge is 2.03. The van der Waals surface area contributed by atoms with Crippen molar-refractivity contribution in [3.8, 4) is 11.1 Å².